The van der Waals surface area contributed by atoms with Gasteiger partial charge in [0.2, 0.25) is 5.91 Å². The molecule has 1 aliphatic heterocycles. The number of hydrogen-bond donors (Lipinski definition) is 2. The molecule has 3 rings (SSSR count). The number of likely N-dealkylation sites (N-methyl/N-ethyl adjacent to an activating group) is 1. The highest BCUT2D eigenvalue weighted by atomic mass is 16.5. The number of rotatable bonds is 10. The van der Waals surface area contributed by atoms with E-state index in [9.17, 15) is 9.59 Å². The molecular weight excluding hydrogens is 404 g/mol. The van der Waals surface area contributed by atoms with Crippen molar-refractivity contribution >= 4 is 23.2 Å². The lowest BCUT2D eigenvalue weighted by Crippen LogP contribution is -2.46. The first-order valence-electron chi connectivity index (χ1n) is 11.5. The van der Waals surface area contributed by atoms with Crippen molar-refractivity contribution in [1.82, 2.24) is 10.2 Å². The van der Waals surface area contributed by atoms with E-state index in [-0.39, 0.29) is 11.8 Å². The van der Waals surface area contributed by atoms with Crippen molar-refractivity contribution in [3.8, 4) is 5.75 Å². The Balaban J connectivity index is 1.38. The van der Waals surface area contributed by atoms with E-state index >= 15 is 0 Å². The molecule has 0 radical (unpaired) electrons. The van der Waals surface area contributed by atoms with Crippen LogP contribution in [-0.4, -0.2) is 62.6 Å². The zero-order valence-corrected chi connectivity index (χ0v) is 19.1. The van der Waals surface area contributed by atoms with Crippen LogP contribution in [0.3, 0.4) is 0 Å². The number of piperazine rings is 1. The maximum atomic E-state index is 12.4. The molecule has 0 atom stereocenters. The van der Waals surface area contributed by atoms with Gasteiger partial charge < -0.3 is 25.2 Å². The van der Waals surface area contributed by atoms with Crippen LogP contribution in [0.25, 0.3) is 0 Å². The third-order valence-electron chi connectivity index (χ3n) is 5.63. The van der Waals surface area contributed by atoms with Crippen LogP contribution in [-0.2, 0) is 4.79 Å². The van der Waals surface area contributed by atoms with E-state index in [0.29, 0.717) is 37.3 Å². The normalized spacial score (nSPS) is 14.1. The number of anilines is 2. The fourth-order valence-corrected chi connectivity index (χ4v) is 3.78. The average Bonchev–Trinajstić information content (AvgIpc) is 2.83. The van der Waals surface area contributed by atoms with Gasteiger partial charge in [-0.05, 0) is 56.3 Å². The third kappa shape index (κ3) is 6.72. The molecule has 0 spiro atoms. The van der Waals surface area contributed by atoms with Crippen molar-refractivity contribution in [1.29, 1.82) is 0 Å². The van der Waals surface area contributed by atoms with Crippen molar-refractivity contribution in [2.75, 3.05) is 56.1 Å². The van der Waals surface area contributed by atoms with Crippen molar-refractivity contribution in [2.24, 2.45) is 0 Å². The molecule has 7 heteroatoms. The molecule has 2 N–H and O–H groups in total. The molecule has 1 fully saturated rings. The molecule has 2 aromatic carbocycles. The standard InChI is InChI=1S/C25H34N4O3/c1-3-28-16-18-29(19-17-28)21-13-11-20(12-14-21)27-24(30)10-7-15-26-25(31)22-8-5-6-9-23(22)32-4-2/h5-6,8-9,11-14H,3-4,7,10,15-19H2,1-2H3,(H,26,31)(H,27,30). The Bertz CT molecular complexity index is 877. The van der Waals surface area contributed by atoms with Crippen molar-refractivity contribution in [3.63, 3.8) is 0 Å². The molecular formula is C25H34N4O3. The molecule has 0 unspecified atom stereocenters. The van der Waals surface area contributed by atoms with E-state index in [1.54, 1.807) is 18.2 Å². The van der Waals surface area contributed by atoms with Crippen molar-refractivity contribution < 1.29 is 14.3 Å². The quantitative estimate of drug-likeness (QED) is 0.557. The van der Waals surface area contributed by atoms with Gasteiger partial charge in [0.25, 0.3) is 5.91 Å². The SMILES string of the molecule is CCOc1ccccc1C(=O)NCCCC(=O)Nc1ccc(N2CCN(CC)CC2)cc1. The van der Waals surface area contributed by atoms with Gasteiger partial charge in [-0.3, -0.25) is 9.59 Å². The Morgan fingerprint density at radius 3 is 2.38 bits per heavy atom. The van der Waals surface area contributed by atoms with Gasteiger partial charge >= 0.3 is 0 Å². The van der Waals surface area contributed by atoms with E-state index in [4.69, 9.17) is 4.74 Å². The van der Waals surface area contributed by atoms with E-state index in [0.717, 1.165) is 38.4 Å². The summed E-state index contributed by atoms with van der Waals surface area (Å²) in [6, 6.07) is 15.2. The first kappa shape index (κ1) is 23.6. The predicted octanol–water partition coefficient (Wildman–Crippen LogP) is 3.38. The van der Waals surface area contributed by atoms with Gasteiger partial charge in [-0.15, -0.1) is 0 Å². The van der Waals surface area contributed by atoms with E-state index in [1.807, 2.05) is 25.1 Å². The van der Waals surface area contributed by atoms with Gasteiger partial charge in [-0.2, -0.15) is 0 Å². The molecule has 2 amide bonds. The Morgan fingerprint density at radius 2 is 1.69 bits per heavy atom. The summed E-state index contributed by atoms with van der Waals surface area (Å²) in [5.74, 6) is 0.323. The maximum Gasteiger partial charge on any atom is 0.255 e. The largest absolute Gasteiger partial charge is 0.493 e. The number of carbonyl (C=O) groups is 2. The van der Waals surface area contributed by atoms with Crippen LogP contribution in [0.2, 0.25) is 0 Å². The molecule has 2 aromatic rings. The summed E-state index contributed by atoms with van der Waals surface area (Å²) < 4.78 is 5.50. The van der Waals surface area contributed by atoms with E-state index in [2.05, 4.69) is 39.5 Å². The second-order valence-electron chi connectivity index (χ2n) is 7.80. The highest BCUT2D eigenvalue weighted by Crippen LogP contribution is 2.20. The lowest BCUT2D eigenvalue weighted by molar-refractivity contribution is -0.116. The van der Waals surface area contributed by atoms with E-state index in [1.165, 1.54) is 5.69 Å². The minimum absolute atomic E-state index is 0.0572. The van der Waals surface area contributed by atoms with Gasteiger partial charge in [0.15, 0.2) is 0 Å². The Labute approximate surface area is 190 Å². The number of nitrogens with one attached hydrogen (secondary N) is 2. The molecule has 0 saturated carbocycles. The van der Waals surface area contributed by atoms with Crippen LogP contribution in [0.15, 0.2) is 48.5 Å². The summed E-state index contributed by atoms with van der Waals surface area (Å²) >= 11 is 0. The average molecular weight is 439 g/mol. The number of amides is 2. The van der Waals surface area contributed by atoms with Gasteiger partial charge in [0.05, 0.1) is 12.2 Å². The van der Waals surface area contributed by atoms with Gasteiger partial charge in [0.1, 0.15) is 5.75 Å². The lowest BCUT2D eigenvalue weighted by Gasteiger charge is -2.35. The van der Waals surface area contributed by atoms with Crippen LogP contribution < -0.4 is 20.3 Å². The topological polar surface area (TPSA) is 73.9 Å². The van der Waals surface area contributed by atoms with E-state index < -0.39 is 0 Å². The molecule has 1 aliphatic rings. The number of benzene rings is 2. The third-order valence-corrected chi connectivity index (χ3v) is 5.63. The fraction of sp³-hybridized carbons (Fsp3) is 0.440. The summed E-state index contributed by atoms with van der Waals surface area (Å²) in [6.07, 6.45) is 0.905. The molecule has 32 heavy (non-hydrogen) atoms. The van der Waals surface area contributed by atoms with Gasteiger partial charge in [-0.1, -0.05) is 19.1 Å². The lowest BCUT2D eigenvalue weighted by atomic mass is 10.2. The zero-order valence-electron chi connectivity index (χ0n) is 19.1. The molecule has 1 saturated heterocycles. The summed E-state index contributed by atoms with van der Waals surface area (Å²) in [7, 11) is 0. The summed E-state index contributed by atoms with van der Waals surface area (Å²) in [5.41, 5.74) is 2.49. The first-order valence-corrected chi connectivity index (χ1v) is 11.5. The van der Waals surface area contributed by atoms with Crippen molar-refractivity contribution in [2.45, 2.75) is 26.7 Å². The van der Waals surface area contributed by atoms with Crippen LogP contribution in [0, 0.1) is 0 Å². The predicted molar refractivity (Wildman–Crippen MR) is 129 cm³/mol. The molecule has 7 nitrogen and oxygen atoms in total. The smallest absolute Gasteiger partial charge is 0.255 e. The summed E-state index contributed by atoms with van der Waals surface area (Å²) in [6.45, 7) is 10.3. The maximum absolute atomic E-state index is 12.4. The van der Waals surface area contributed by atoms with Gasteiger partial charge in [-0.25, -0.2) is 0 Å². The monoisotopic (exact) mass is 438 g/mol. The fourth-order valence-electron chi connectivity index (χ4n) is 3.78. The van der Waals surface area contributed by atoms with Crippen molar-refractivity contribution in [3.05, 3.63) is 54.1 Å². The Kier molecular flexibility index (Phi) is 8.92. The number of carbonyl (C=O) groups excluding carboxylic acids is 2. The molecule has 172 valence electrons. The van der Waals surface area contributed by atoms with Crippen LogP contribution in [0.4, 0.5) is 11.4 Å². The number of hydrogen-bond acceptors (Lipinski definition) is 5. The molecule has 1 heterocycles. The highest BCUT2D eigenvalue weighted by molar-refractivity contribution is 5.97. The summed E-state index contributed by atoms with van der Waals surface area (Å²) in [5, 5.41) is 5.80. The van der Waals surface area contributed by atoms with Crippen LogP contribution >= 0.6 is 0 Å². The minimum Gasteiger partial charge on any atom is -0.493 e. The summed E-state index contributed by atoms with van der Waals surface area (Å²) in [4.78, 5) is 29.5. The number of para-hydroxylation sites is 1. The highest BCUT2D eigenvalue weighted by Gasteiger charge is 2.16. The molecule has 0 aliphatic carbocycles. The first-order chi connectivity index (χ1) is 15.6. The second-order valence-corrected chi connectivity index (χ2v) is 7.80. The Morgan fingerprint density at radius 1 is 0.969 bits per heavy atom. The molecule has 0 aromatic heterocycles. The zero-order chi connectivity index (χ0) is 22.8. The Hall–Kier alpha value is -3.06. The van der Waals surface area contributed by atoms with Gasteiger partial charge in [0, 0.05) is 50.5 Å². The number of ether oxygens (including phenoxy) is 1. The second kappa shape index (κ2) is 12.1. The minimum atomic E-state index is -0.190. The van der Waals surface area contributed by atoms with Crippen LogP contribution in [0.5, 0.6) is 5.75 Å². The number of nitrogens with zero attached hydrogens (tertiary/aromatic N) is 2. The van der Waals surface area contributed by atoms with Crippen LogP contribution in [0.1, 0.15) is 37.0 Å². The molecule has 0 bridgehead atoms.